The first kappa shape index (κ1) is 19.1. The van der Waals surface area contributed by atoms with E-state index in [4.69, 9.17) is 4.74 Å². The molecular weight excluding hydrogens is 394 g/mol. The normalized spacial score (nSPS) is 11.0. The standard InChI is InChI=1S/C21H16F2N4OS/c1-28-19-5-3-2-4-18(19)27-21(24-25-26-27)29-20(14-6-10-16(22)11-7-14)15-8-12-17(23)13-9-15/h2-13,20H,1H3. The van der Waals surface area contributed by atoms with E-state index in [-0.39, 0.29) is 16.9 Å². The first-order valence-electron chi connectivity index (χ1n) is 8.75. The van der Waals surface area contributed by atoms with Crippen LogP contribution in [0.25, 0.3) is 5.69 Å². The van der Waals surface area contributed by atoms with Crippen LogP contribution in [-0.4, -0.2) is 27.3 Å². The summed E-state index contributed by atoms with van der Waals surface area (Å²) in [7, 11) is 1.58. The SMILES string of the molecule is COc1ccccc1-n1nnnc1SC(c1ccc(F)cc1)c1ccc(F)cc1. The molecule has 3 aromatic carbocycles. The van der Waals surface area contributed by atoms with Crippen LogP contribution in [0.3, 0.4) is 0 Å². The predicted molar refractivity (Wildman–Crippen MR) is 106 cm³/mol. The molecule has 0 spiro atoms. The van der Waals surface area contributed by atoms with Gasteiger partial charge < -0.3 is 4.74 Å². The van der Waals surface area contributed by atoms with Crippen molar-refractivity contribution < 1.29 is 13.5 Å². The maximum Gasteiger partial charge on any atom is 0.215 e. The zero-order valence-corrected chi connectivity index (χ0v) is 16.2. The van der Waals surface area contributed by atoms with Gasteiger partial charge in [-0.15, -0.1) is 5.10 Å². The number of benzene rings is 3. The highest BCUT2D eigenvalue weighted by Crippen LogP contribution is 2.40. The summed E-state index contributed by atoms with van der Waals surface area (Å²) < 4.78 is 33.9. The molecule has 5 nitrogen and oxygen atoms in total. The smallest absolute Gasteiger partial charge is 0.215 e. The molecule has 0 aliphatic heterocycles. The monoisotopic (exact) mass is 410 g/mol. The first-order valence-corrected chi connectivity index (χ1v) is 9.63. The predicted octanol–water partition coefficient (Wildman–Crippen LogP) is 4.83. The van der Waals surface area contributed by atoms with Gasteiger partial charge in [0.25, 0.3) is 0 Å². The third-order valence-corrected chi connectivity index (χ3v) is 5.57. The Morgan fingerprint density at radius 1 is 0.862 bits per heavy atom. The van der Waals surface area contributed by atoms with Gasteiger partial charge >= 0.3 is 0 Å². The Labute approximate surface area is 170 Å². The van der Waals surface area contributed by atoms with E-state index >= 15 is 0 Å². The topological polar surface area (TPSA) is 52.8 Å². The van der Waals surface area contributed by atoms with E-state index in [1.165, 1.54) is 36.0 Å². The fourth-order valence-electron chi connectivity index (χ4n) is 2.92. The maximum absolute atomic E-state index is 13.4. The van der Waals surface area contributed by atoms with Crippen LogP contribution in [0.5, 0.6) is 5.75 Å². The molecule has 1 heterocycles. The zero-order valence-electron chi connectivity index (χ0n) is 15.4. The molecule has 0 radical (unpaired) electrons. The van der Waals surface area contributed by atoms with E-state index in [9.17, 15) is 8.78 Å². The summed E-state index contributed by atoms with van der Waals surface area (Å²) in [6, 6.07) is 19.8. The minimum atomic E-state index is -0.324. The highest BCUT2D eigenvalue weighted by molar-refractivity contribution is 7.99. The van der Waals surface area contributed by atoms with Crippen LogP contribution >= 0.6 is 11.8 Å². The summed E-state index contributed by atoms with van der Waals surface area (Å²) >= 11 is 1.38. The van der Waals surface area contributed by atoms with Crippen molar-refractivity contribution in [2.45, 2.75) is 10.4 Å². The Morgan fingerprint density at radius 2 is 1.45 bits per heavy atom. The number of rotatable bonds is 6. The van der Waals surface area contributed by atoms with Crippen LogP contribution in [0.1, 0.15) is 16.4 Å². The van der Waals surface area contributed by atoms with Gasteiger partial charge in [0, 0.05) is 0 Å². The molecule has 0 aliphatic rings. The Balaban J connectivity index is 1.75. The van der Waals surface area contributed by atoms with E-state index in [0.717, 1.165) is 11.1 Å². The number of hydrogen-bond donors (Lipinski definition) is 0. The number of aromatic nitrogens is 4. The molecule has 0 saturated heterocycles. The van der Waals surface area contributed by atoms with Crippen molar-refractivity contribution in [1.82, 2.24) is 20.2 Å². The number of nitrogens with zero attached hydrogens (tertiary/aromatic N) is 4. The van der Waals surface area contributed by atoms with Crippen molar-refractivity contribution in [1.29, 1.82) is 0 Å². The Bertz CT molecular complexity index is 1050. The largest absolute Gasteiger partial charge is 0.494 e. The molecule has 0 atom stereocenters. The van der Waals surface area contributed by atoms with Crippen LogP contribution in [0, 0.1) is 11.6 Å². The second-order valence-electron chi connectivity index (χ2n) is 6.15. The zero-order chi connectivity index (χ0) is 20.2. The van der Waals surface area contributed by atoms with Gasteiger partial charge in [0.15, 0.2) is 0 Å². The van der Waals surface area contributed by atoms with E-state index in [1.807, 2.05) is 24.3 Å². The molecule has 1 aromatic heterocycles. The van der Waals surface area contributed by atoms with Crippen molar-refractivity contribution in [3.05, 3.63) is 95.6 Å². The number of methoxy groups -OCH3 is 1. The number of hydrogen-bond acceptors (Lipinski definition) is 5. The van der Waals surface area contributed by atoms with Crippen LogP contribution in [0.4, 0.5) is 8.78 Å². The fraction of sp³-hybridized carbons (Fsp3) is 0.0952. The van der Waals surface area contributed by atoms with E-state index in [2.05, 4.69) is 15.5 Å². The summed E-state index contributed by atoms with van der Waals surface area (Å²) in [6.45, 7) is 0. The van der Waals surface area contributed by atoms with Gasteiger partial charge in [-0.1, -0.05) is 48.2 Å². The van der Waals surface area contributed by atoms with Crippen molar-refractivity contribution in [2.75, 3.05) is 7.11 Å². The number of halogens is 2. The first-order chi connectivity index (χ1) is 14.2. The molecule has 146 valence electrons. The lowest BCUT2D eigenvalue weighted by atomic mass is 10.0. The van der Waals surface area contributed by atoms with Crippen LogP contribution in [0.15, 0.2) is 78.0 Å². The van der Waals surface area contributed by atoms with Gasteiger partial charge in [0.2, 0.25) is 5.16 Å². The van der Waals surface area contributed by atoms with E-state index in [0.29, 0.717) is 16.6 Å². The van der Waals surface area contributed by atoms with Gasteiger partial charge in [0.05, 0.1) is 12.4 Å². The van der Waals surface area contributed by atoms with Crippen LogP contribution in [-0.2, 0) is 0 Å². The third-order valence-electron chi connectivity index (χ3n) is 4.32. The summed E-state index contributed by atoms with van der Waals surface area (Å²) in [4.78, 5) is 0. The number of tetrazole rings is 1. The minimum Gasteiger partial charge on any atom is -0.494 e. The van der Waals surface area contributed by atoms with Gasteiger partial charge in [-0.3, -0.25) is 0 Å². The Hall–Kier alpha value is -3.26. The van der Waals surface area contributed by atoms with Crippen molar-refractivity contribution >= 4 is 11.8 Å². The van der Waals surface area contributed by atoms with Gasteiger partial charge in [-0.2, -0.15) is 4.68 Å². The van der Waals surface area contributed by atoms with Crippen LogP contribution in [0.2, 0.25) is 0 Å². The lowest BCUT2D eigenvalue weighted by Crippen LogP contribution is -2.04. The quantitative estimate of drug-likeness (QED) is 0.426. The second-order valence-corrected chi connectivity index (χ2v) is 7.22. The average molecular weight is 410 g/mol. The third kappa shape index (κ3) is 4.12. The van der Waals surface area contributed by atoms with Crippen molar-refractivity contribution in [2.24, 2.45) is 0 Å². The van der Waals surface area contributed by atoms with Gasteiger partial charge in [-0.05, 0) is 58.0 Å². The fourth-order valence-corrected chi connectivity index (χ4v) is 4.03. The minimum absolute atomic E-state index is 0.268. The van der Waals surface area contributed by atoms with Crippen LogP contribution < -0.4 is 4.74 Å². The molecule has 0 amide bonds. The summed E-state index contributed by atoms with van der Waals surface area (Å²) in [5, 5.41) is 12.3. The molecule has 29 heavy (non-hydrogen) atoms. The lowest BCUT2D eigenvalue weighted by Gasteiger charge is -2.17. The summed E-state index contributed by atoms with van der Waals surface area (Å²) in [5.41, 5.74) is 2.38. The molecule has 8 heteroatoms. The van der Waals surface area contributed by atoms with E-state index < -0.39 is 0 Å². The Morgan fingerprint density at radius 3 is 2.03 bits per heavy atom. The molecular formula is C21H16F2N4OS. The second kappa shape index (κ2) is 8.40. The molecule has 0 saturated carbocycles. The molecule has 0 bridgehead atoms. The Kier molecular flexibility index (Phi) is 5.53. The van der Waals surface area contributed by atoms with Crippen molar-refractivity contribution in [3.63, 3.8) is 0 Å². The molecule has 4 aromatic rings. The average Bonchev–Trinajstić information content (AvgIpc) is 3.21. The molecule has 0 unspecified atom stereocenters. The molecule has 4 rings (SSSR count). The van der Waals surface area contributed by atoms with Gasteiger partial charge in [0.1, 0.15) is 23.1 Å². The number of ether oxygens (including phenoxy) is 1. The molecule has 0 aliphatic carbocycles. The summed E-state index contributed by atoms with van der Waals surface area (Å²) in [5.74, 6) is -0.0207. The highest BCUT2D eigenvalue weighted by Gasteiger charge is 2.21. The van der Waals surface area contributed by atoms with Gasteiger partial charge in [-0.25, -0.2) is 8.78 Å². The molecule has 0 N–H and O–H groups in total. The van der Waals surface area contributed by atoms with E-state index in [1.54, 1.807) is 36.1 Å². The molecule has 0 fully saturated rings. The van der Waals surface area contributed by atoms with Crippen molar-refractivity contribution in [3.8, 4) is 11.4 Å². The summed E-state index contributed by atoms with van der Waals surface area (Å²) in [6.07, 6.45) is 0. The number of thioether (sulfide) groups is 1. The highest BCUT2D eigenvalue weighted by atomic mass is 32.2. The maximum atomic E-state index is 13.4. The lowest BCUT2D eigenvalue weighted by molar-refractivity contribution is 0.410. The number of para-hydroxylation sites is 2.